The summed E-state index contributed by atoms with van der Waals surface area (Å²) in [7, 11) is 0. The maximum Gasteiger partial charge on any atom is 0.317 e. The quantitative estimate of drug-likeness (QED) is 0.865. The van der Waals surface area contributed by atoms with Crippen LogP contribution in [0.2, 0.25) is 0 Å². The lowest BCUT2D eigenvalue weighted by Crippen LogP contribution is -2.52. The first kappa shape index (κ1) is 14.3. The first-order valence-electron chi connectivity index (χ1n) is 6.60. The highest BCUT2D eigenvalue weighted by molar-refractivity contribution is 7.09. The number of nitrogens with one attached hydrogen (secondary N) is 1. The molecule has 106 valence electrons. The highest BCUT2D eigenvalue weighted by Gasteiger charge is 2.21. The number of hydrogen-bond acceptors (Lipinski definition) is 4. The van der Waals surface area contributed by atoms with Crippen molar-refractivity contribution in [2.75, 3.05) is 32.7 Å². The second kappa shape index (κ2) is 6.88. The van der Waals surface area contributed by atoms with Gasteiger partial charge in [-0.3, -0.25) is 4.90 Å². The van der Waals surface area contributed by atoms with Crippen LogP contribution >= 0.6 is 11.3 Å². The van der Waals surface area contributed by atoms with Gasteiger partial charge in [-0.2, -0.15) is 0 Å². The van der Waals surface area contributed by atoms with Crippen LogP contribution in [-0.2, 0) is 6.54 Å². The van der Waals surface area contributed by atoms with E-state index in [2.05, 4.69) is 10.2 Å². The first-order valence-corrected chi connectivity index (χ1v) is 7.48. The van der Waals surface area contributed by atoms with Crippen LogP contribution in [0.4, 0.5) is 4.79 Å². The fraction of sp³-hybridized carbons (Fsp3) is 0.615. The van der Waals surface area contributed by atoms with Crippen molar-refractivity contribution in [1.82, 2.24) is 15.1 Å². The van der Waals surface area contributed by atoms with Gasteiger partial charge in [0, 0.05) is 37.6 Å². The third-order valence-corrected chi connectivity index (χ3v) is 4.05. The minimum absolute atomic E-state index is 0.00472. The molecule has 0 radical (unpaired) electrons. The SMILES string of the molecule is C[C@H](O)CN1CCN(C(=O)NCc2cccs2)CC1. The van der Waals surface area contributed by atoms with Gasteiger partial charge in [-0.1, -0.05) is 6.07 Å². The van der Waals surface area contributed by atoms with E-state index in [4.69, 9.17) is 0 Å². The van der Waals surface area contributed by atoms with Crippen LogP contribution in [0, 0.1) is 0 Å². The molecule has 2 amide bonds. The molecule has 0 saturated carbocycles. The molecule has 0 unspecified atom stereocenters. The van der Waals surface area contributed by atoms with Crippen molar-refractivity contribution >= 4 is 17.4 Å². The first-order chi connectivity index (χ1) is 9.15. The molecule has 19 heavy (non-hydrogen) atoms. The lowest BCUT2D eigenvalue weighted by Gasteiger charge is -2.35. The van der Waals surface area contributed by atoms with E-state index < -0.39 is 0 Å². The Balaban J connectivity index is 1.70. The van der Waals surface area contributed by atoms with Crippen LogP contribution in [0.25, 0.3) is 0 Å². The predicted octanol–water partition coefficient (Wildman–Crippen LogP) is 0.956. The maximum atomic E-state index is 12.0. The summed E-state index contributed by atoms with van der Waals surface area (Å²) in [5.74, 6) is 0. The van der Waals surface area contributed by atoms with Crippen molar-refractivity contribution in [3.8, 4) is 0 Å². The number of β-amino-alcohol motifs (C(OH)–C–C–N with tert-alkyl or cyclic N) is 1. The van der Waals surface area contributed by atoms with Crippen LogP contribution in [-0.4, -0.2) is 59.8 Å². The molecule has 1 aromatic heterocycles. The van der Waals surface area contributed by atoms with Crippen molar-refractivity contribution in [1.29, 1.82) is 0 Å². The number of rotatable bonds is 4. The number of aliphatic hydroxyl groups is 1. The third kappa shape index (κ3) is 4.49. The van der Waals surface area contributed by atoms with Gasteiger partial charge in [-0.15, -0.1) is 11.3 Å². The molecule has 5 nitrogen and oxygen atoms in total. The Bertz CT molecular complexity index is 387. The van der Waals surface area contributed by atoms with E-state index in [-0.39, 0.29) is 12.1 Å². The molecule has 2 heterocycles. The molecular formula is C13H21N3O2S. The third-order valence-electron chi connectivity index (χ3n) is 3.18. The lowest BCUT2D eigenvalue weighted by atomic mass is 10.3. The normalized spacial score (nSPS) is 18.3. The van der Waals surface area contributed by atoms with Gasteiger partial charge in [0.15, 0.2) is 0 Å². The predicted molar refractivity (Wildman–Crippen MR) is 76.2 cm³/mol. The summed E-state index contributed by atoms with van der Waals surface area (Å²) in [6, 6.07) is 4.01. The van der Waals surface area contributed by atoms with E-state index in [0.29, 0.717) is 13.1 Å². The average Bonchev–Trinajstić information content (AvgIpc) is 2.89. The summed E-state index contributed by atoms with van der Waals surface area (Å²) in [5, 5.41) is 14.3. The van der Waals surface area contributed by atoms with Crippen molar-refractivity contribution in [2.24, 2.45) is 0 Å². The average molecular weight is 283 g/mol. The van der Waals surface area contributed by atoms with Gasteiger partial charge in [0.05, 0.1) is 12.6 Å². The van der Waals surface area contributed by atoms with E-state index in [9.17, 15) is 9.90 Å². The molecule has 1 fully saturated rings. The summed E-state index contributed by atoms with van der Waals surface area (Å²) in [4.78, 5) is 17.2. The maximum absolute atomic E-state index is 12.0. The molecule has 0 spiro atoms. The van der Waals surface area contributed by atoms with E-state index in [0.717, 1.165) is 26.2 Å². The molecule has 6 heteroatoms. The lowest BCUT2D eigenvalue weighted by molar-refractivity contribution is 0.0897. The number of hydrogen-bond donors (Lipinski definition) is 2. The standard InChI is InChI=1S/C13H21N3O2S/c1-11(17)10-15-4-6-16(7-5-15)13(18)14-9-12-3-2-8-19-12/h2-3,8,11,17H,4-7,9-10H2,1H3,(H,14,18)/t11-/m0/s1. The van der Waals surface area contributed by atoms with E-state index in [1.165, 1.54) is 4.88 Å². The minimum Gasteiger partial charge on any atom is -0.392 e. The van der Waals surface area contributed by atoms with Crippen LogP contribution < -0.4 is 5.32 Å². The molecule has 1 saturated heterocycles. The second-order valence-corrected chi connectivity index (χ2v) is 5.91. The van der Waals surface area contributed by atoms with Gasteiger partial charge in [0.1, 0.15) is 0 Å². The van der Waals surface area contributed by atoms with Crippen LogP contribution in [0.15, 0.2) is 17.5 Å². The zero-order valence-corrected chi connectivity index (χ0v) is 12.0. The number of carbonyl (C=O) groups excluding carboxylic acids is 1. The van der Waals surface area contributed by atoms with Gasteiger partial charge in [-0.05, 0) is 18.4 Å². The van der Waals surface area contributed by atoms with Gasteiger partial charge in [0.25, 0.3) is 0 Å². The summed E-state index contributed by atoms with van der Waals surface area (Å²) in [6.45, 7) is 6.19. The number of nitrogens with zero attached hydrogens (tertiary/aromatic N) is 2. The van der Waals surface area contributed by atoms with Crippen LogP contribution in [0.5, 0.6) is 0 Å². The Kier molecular flexibility index (Phi) is 5.18. The molecule has 2 rings (SSSR count). The molecule has 0 aromatic carbocycles. The Hall–Kier alpha value is -1.11. The number of aliphatic hydroxyl groups excluding tert-OH is 1. The van der Waals surface area contributed by atoms with E-state index in [1.807, 2.05) is 22.4 Å². The van der Waals surface area contributed by atoms with Crippen molar-refractivity contribution in [3.63, 3.8) is 0 Å². The molecule has 1 aromatic rings. The Morgan fingerprint density at radius 1 is 1.47 bits per heavy atom. The van der Waals surface area contributed by atoms with Crippen molar-refractivity contribution < 1.29 is 9.90 Å². The molecular weight excluding hydrogens is 262 g/mol. The van der Waals surface area contributed by atoms with Crippen LogP contribution in [0.1, 0.15) is 11.8 Å². The Labute approximate surface area is 117 Å². The number of piperazine rings is 1. The number of urea groups is 1. The smallest absolute Gasteiger partial charge is 0.317 e. The van der Waals surface area contributed by atoms with Gasteiger partial charge in [-0.25, -0.2) is 4.79 Å². The fourth-order valence-corrected chi connectivity index (χ4v) is 2.84. The second-order valence-electron chi connectivity index (χ2n) is 4.87. The van der Waals surface area contributed by atoms with Gasteiger partial charge >= 0.3 is 6.03 Å². The largest absolute Gasteiger partial charge is 0.392 e. The molecule has 1 aliphatic heterocycles. The van der Waals surface area contributed by atoms with Crippen molar-refractivity contribution in [2.45, 2.75) is 19.6 Å². The topological polar surface area (TPSA) is 55.8 Å². The number of carbonyl (C=O) groups is 1. The molecule has 1 atom stereocenters. The summed E-state index contributed by atoms with van der Waals surface area (Å²) >= 11 is 1.65. The Morgan fingerprint density at radius 2 is 2.21 bits per heavy atom. The zero-order chi connectivity index (χ0) is 13.7. The zero-order valence-electron chi connectivity index (χ0n) is 11.2. The van der Waals surface area contributed by atoms with E-state index >= 15 is 0 Å². The summed E-state index contributed by atoms with van der Waals surface area (Å²) < 4.78 is 0. The van der Waals surface area contributed by atoms with Gasteiger partial charge < -0.3 is 15.3 Å². The van der Waals surface area contributed by atoms with Gasteiger partial charge in [0.2, 0.25) is 0 Å². The molecule has 2 N–H and O–H groups in total. The Morgan fingerprint density at radius 3 is 2.79 bits per heavy atom. The van der Waals surface area contributed by atoms with Crippen molar-refractivity contribution in [3.05, 3.63) is 22.4 Å². The fourth-order valence-electron chi connectivity index (χ4n) is 2.19. The molecule has 0 bridgehead atoms. The molecule has 0 aliphatic carbocycles. The van der Waals surface area contributed by atoms with Crippen LogP contribution in [0.3, 0.4) is 0 Å². The minimum atomic E-state index is -0.306. The molecule has 1 aliphatic rings. The monoisotopic (exact) mass is 283 g/mol. The van der Waals surface area contributed by atoms with E-state index in [1.54, 1.807) is 18.3 Å². The highest BCUT2D eigenvalue weighted by Crippen LogP contribution is 2.08. The number of thiophene rings is 1. The summed E-state index contributed by atoms with van der Waals surface area (Å²) in [5.41, 5.74) is 0. The summed E-state index contributed by atoms with van der Waals surface area (Å²) in [6.07, 6.45) is -0.306. The highest BCUT2D eigenvalue weighted by atomic mass is 32.1. The number of amides is 2.